The van der Waals surface area contributed by atoms with E-state index in [-0.39, 0.29) is 0 Å². The van der Waals surface area contributed by atoms with Gasteiger partial charge < -0.3 is 0 Å². The maximum Gasteiger partial charge on any atom is 0.100 e. The van der Waals surface area contributed by atoms with Crippen LogP contribution in [0.15, 0.2) is 6.20 Å². The number of thiazole rings is 1. The van der Waals surface area contributed by atoms with Crippen molar-refractivity contribution < 1.29 is 0 Å². The van der Waals surface area contributed by atoms with Crippen LogP contribution in [0.1, 0.15) is 16.3 Å². The minimum atomic E-state index is 1.03. The molecule has 0 atom stereocenters. The Kier molecular flexibility index (Phi) is 1.61. The fourth-order valence-corrected chi connectivity index (χ4v) is 2.16. The highest BCUT2D eigenvalue weighted by Crippen LogP contribution is 2.25. The number of aryl methyl sites for hydroxylation is 3. The molecule has 0 aliphatic heterocycles. The first-order chi connectivity index (χ1) is 5.68. The molecule has 0 aromatic carbocycles. The molecule has 2 nitrogen and oxygen atoms in total. The van der Waals surface area contributed by atoms with Crippen molar-refractivity contribution >= 4 is 21.6 Å². The van der Waals surface area contributed by atoms with Crippen molar-refractivity contribution in [2.45, 2.75) is 20.8 Å². The van der Waals surface area contributed by atoms with Gasteiger partial charge in [0.1, 0.15) is 5.52 Å². The molecular weight excluding hydrogens is 168 g/mol. The lowest BCUT2D eigenvalue weighted by molar-refractivity contribution is 1.17. The maximum absolute atomic E-state index is 4.37. The van der Waals surface area contributed by atoms with Gasteiger partial charge in [-0.25, -0.2) is 4.98 Å². The van der Waals surface area contributed by atoms with Crippen molar-refractivity contribution in [1.29, 1.82) is 0 Å². The summed E-state index contributed by atoms with van der Waals surface area (Å²) in [5, 5.41) is 1.11. The summed E-state index contributed by atoms with van der Waals surface area (Å²) in [6.45, 7) is 6.16. The summed E-state index contributed by atoms with van der Waals surface area (Å²) < 4.78 is 1.28. The van der Waals surface area contributed by atoms with E-state index in [0.29, 0.717) is 0 Å². The minimum Gasteiger partial charge on any atom is -0.259 e. The smallest absolute Gasteiger partial charge is 0.100 e. The first-order valence-corrected chi connectivity index (χ1v) is 4.69. The van der Waals surface area contributed by atoms with Crippen LogP contribution in [-0.2, 0) is 0 Å². The number of rotatable bonds is 0. The van der Waals surface area contributed by atoms with E-state index in [1.54, 1.807) is 11.3 Å². The van der Waals surface area contributed by atoms with Crippen LogP contribution in [0, 0.1) is 20.8 Å². The zero-order valence-electron chi connectivity index (χ0n) is 7.38. The number of hydrogen-bond donors (Lipinski definition) is 0. The average Bonchev–Trinajstić information content (AvgIpc) is 2.39. The first-order valence-electron chi connectivity index (χ1n) is 3.88. The zero-order chi connectivity index (χ0) is 8.72. The van der Waals surface area contributed by atoms with Gasteiger partial charge in [0.05, 0.1) is 15.9 Å². The minimum absolute atomic E-state index is 1.03. The van der Waals surface area contributed by atoms with Gasteiger partial charge in [-0.15, -0.1) is 11.3 Å². The van der Waals surface area contributed by atoms with E-state index in [4.69, 9.17) is 0 Å². The largest absolute Gasteiger partial charge is 0.259 e. The van der Waals surface area contributed by atoms with Gasteiger partial charge in [-0.3, -0.25) is 4.98 Å². The molecule has 62 valence electrons. The van der Waals surface area contributed by atoms with Crippen molar-refractivity contribution in [1.82, 2.24) is 9.97 Å². The van der Waals surface area contributed by atoms with Crippen LogP contribution in [0.25, 0.3) is 10.2 Å². The lowest BCUT2D eigenvalue weighted by Crippen LogP contribution is -1.85. The van der Waals surface area contributed by atoms with E-state index < -0.39 is 0 Å². The van der Waals surface area contributed by atoms with Gasteiger partial charge in [0.25, 0.3) is 0 Å². The highest BCUT2D eigenvalue weighted by atomic mass is 32.1. The number of aromatic nitrogens is 2. The Bertz CT molecular complexity index is 431. The number of nitrogens with zero attached hydrogens (tertiary/aromatic N) is 2. The van der Waals surface area contributed by atoms with E-state index in [1.807, 2.05) is 20.0 Å². The molecule has 0 fully saturated rings. The normalized spacial score (nSPS) is 10.9. The molecule has 3 heteroatoms. The van der Waals surface area contributed by atoms with Gasteiger partial charge >= 0.3 is 0 Å². The summed E-state index contributed by atoms with van der Waals surface area (Å²) in [7, 11) is 0. The second-order valence-electron chi connectivity index (χ2n) is 2.92. The maximum atomic E-state index is 4.37. The fraction of sp³-hybridized carbons (Fsp3) is 0.333. The number of fused-ring (bicyclic) bond motifs is 1. The van der Waals surface area contributed by atoms with Crippen molar-refractivity contribution in [3.05, 3.63) is 22.5 Å². The predicted molar refractivity (Wildman–Crippen MR) is 51.6 cm³/mol. The molecule has 0 saturated heterocycles. The third kappa shape index (κ3) is 1.01. The van der Waals surface area contributed by atoms with Crippen molar-refractivity contribution in [3.8, 4) is 0 Å². The third-order valence-corrected chi connectivity index (χ3v) is 3.13. The molecule has 2 heterocycles. The van der Waals surface area contributed by atoms with Crippen LogP contribution in [0.5, 0.6) is 0 Å². The van der Waals surface area contributed by atoms with Crippen LogP contribution in [0.4, 0.5) is 0 Å². The molecule has 0 aliphatic carbocycles. The van der Waals surface area contributed by atoms with Crippen LogP contribution < -0.4 is 0 Å². The summed E-state index contributed by atoms with van der Waals surface area (Å²) in [6, 6.07) is 0. The molecule has 2 aromatic rings. The Balaban J connectivity index is 2.89. The van der Waals surface area contributed by atoms with Crippen molar-refractivity contribution in [2.24, 2.45) is 0 Å². The van der Waals surface area contributed by atoms with Crippen LogP contribution in [-0.4, -0.2) is 9.97 Å². The lowest BCUT2D eigenvalue weighted by atomic mass is 10.2. The van der Waals surface area contributed by atoms with E-state index in [0.717, 1.165) is 16.2 Å². The number of pyridine rings is 1. The zero-order valence-corrected chi connectivity index (χ0v) is 8.20. The predicted octanol–water partition coefficient (Wildman–Crippen LogP) is 2.62. The Morgan fingerprint density at radius 2 is 2.00 bits per heavy atom. The SMILES string of the molecule is Cc1nc2cnc(C)c(C)c2s1. The molecule has 12 heavy (non-hydrogen) atoms. The molecular formula is C9H10N2S. The highest BCUT2D eigenvalue weighted by molar-refractivity contribution is 7.18. The molecule has 0 N–H and O–H groups in total. The summed E-state index contributed by atoms with van der Waals surface area (Å²) in [4.78, 5) is 8.64. The molecule has 0 aliphatic rings. The summed E-state index contributed by atoms with van der Waals surface area (Å²) in [5.41, 5.74) is 3.39. The van der Waals surface area contributed by atoms with E-state index in [9.17, 15) is 0 Å². The van der Waals surface area contributed by atoms with Crippen LogP contribution >= 0.6 is 11.3 Å². The van der Waals surface area contributed by atoms with Crippen molar-refractivity contribution in [2.75, 3.05) is 0 Å². The van der Waals surface area contributed by atoms with Gasteiger partial charge in [0, 0.05) is 5.69 Å². The first kappa shape index (κ1) is 7.68. The Labute approximate surface area is 75.3 Å². The molecule has 0 radical (unpaired) electrons. The van der Waals surface area contributed by atoms with Gasteiger partial charge in [0.15, 0.2) is 0 Å². The lowest BCUT2D eigenvalue weighted by Gasteiger charge is -1.96. The molecule has 0 spiro atoms. The third-order valence-electron chi connectivity index (χ3n) is 2.02. The van der Waals surface area contributed by atoms with Gasteiger partial charge in [-0.2, -0.15) is 0 Å². The topological polar surface area (TPSA) is 25.8 Å². The summed E-state index contributed by atoms with van der Waals surface area (Å²) >= 11 is 1.74. The molecule has 0 unspecified atom stereocenters. The summed E-state index contributed by atoms with van der Waals surface area (Å²) in [5.74, 6) is 0. The van der Waals surface area contributed by atoms with E-state index in [2.05, 4.69) is 16.9 Å². The van der Waals surface area contributed by atoms with Gasteiger partial charge in [-0.05, 0) is 26.3 Å². The van der Waals surface area contributed by atoms with E-state index >= 15 is 0 Å². The molecule has 0 amide bonds. The Hall–Kier alpha value is -0.960. The van der Waals surface area contributed by atoms with E-state index in [1.165, 1.54) is 10.3 Å². The number of hydrogen-bond acceptors (Lipinski definition) is 3. The monoisotopic (exact) mass is 178 g/mol. The molecule has 2 aromatic heterocycles. The summed E-state index contributed by atoms with van der Waals surface area (Å²) in [6.07, 6.45) is 1.85. The Morgan fingerprint density at radius 1 is 1.25 bits per heavy atom. The standard InChI is InChI=1S/C9H10N2S/c1-5-6(2)10-4-8-9(5)12-7(3)11-8/h4H,1-3H3. The Morgan fingerprint density at radius 3 is 2.75 bits per heavy atom. The van der Waals surface area contributed by atoms with Crippen LogP contribution in [0.2, 0.25) is 0 Å². The quantitative estimate of drug-likeness (QED) is 0.619. The second-order valence-corrected chi connectivity index (χ2v) is 4.12. The van der Waals surface area contributed by atoms with Crippen molar-refractivity contribution in [3.63, 3.8) is 0 Å². The highest BCUT2D eigenvalue weighted by Gasteiger charge is 2.05. The van der Waals surface area contributed by atoms with Gasteiger partial charge in [-0.1, -0.05) is 0 Å². The molecule has 0 bridgehead atoms. The fourth-order valence-electron chi connectivity index (χ4n) is 1.22. The molecule has 2 rings (SSSR count). The average molecular weight is 178 g/mol. The second kappa shape index (κ2) is 2.52. The van der Waals surface area contributed by atoms with Gasteiger partial charge in [0.2, 0.25) is 0 Å². The molecule has 0 saturated carbocycles. The van der Waals surface area contributed by atoms with Crippen LogP contribution in [0.3, 0.4) is 0 Å².